The Hall–Kier alpha value is -3.39. The van der Waals surface area contributed by atoms with Crippen molar-refractivity contribution in [2.75, 3.05) is 18.4 Å². The van der Waals surface area contributed by atoms with Gasteiger partial charge in [0.15, 0.2) is 0 Å². The molecule has 128 valence electrons. The van der Waals surface area contributed by atoms with E-state index in [1.165, 1.54) is 12.1 Å². The lowest BCUT2D eigenvalue weighted by molar-refractivity contribution is -0.136. The lowest BCUT2D eigenvalue weighted by Gasteiger charge is -2.27. The number of azide groups is 1. The average molecular weight is 342 g/mol. The van der Waals surface area contributed by atoms with Gasteiger partial charge >= 0.3 is 0 Å². The molecule has 10 heteroatoms. The number of imide groups is 2. The van der Waals surface area contributed by atoms with Crippen LogP contribution in [0.2, 0.25) is 0 Å². The highest BCUT2D eigenvalue weighted by Gasteiger charge is 2.44. The fourth-order valence-electron chi connectivity index (χ4n) is 2.88. The Kier molecular flexibility index (Phi) is 4.36. The van der Waals surface area contributed by atoms with Crippen molar-refractivity contribution in [3.8, 4) is 0 Å². The van der Waals surface area contributed by atoms with Crippen molar-refractivity contribution in [1.29, 1.82) is 0 Å². The van der Waals surface area contributed by atoms with Gasteiger partial charge in [-0.05, 0) is 30.2 Å². The molecular weight excluding hydrogens is 328 g/mol. The number of amides is 4. The number of nitrogens with zero attached hydrogens (tertiary/aromatic N) is 4. The van der Waals surface area contributed by atoms with Gasteiger partial charge in [0.05, 0.1) is 11.1 Å². The summed E-state index contributed by atoms with van der Waals surface area (Å²) >= 11 is 0. The fourth-order valence-corrected chi connectivity index (χ4v) is 2.88. The average Bonchev–Trinajstić information content (AvgIpc) is 2.83. The molecule has 0 saturated carbocycles. The molecule has 0 aromatic heterocycles. The van der Waals surface area contributed by atoms with Crippen molar-refractivity contribution < 1.29 is 19.2 Å². The minimum atomic E-state index is -0.980. The summed E-state index contributed by atoms with van der Waals surface area (Å²) in [5.74, 6) is -2.16. The quantitative estimate of drug-likeness (QED) is 0.267. The number of carbonyl (C=O) groups is 4. The summed E-state index contributed by atoms with van der Waals surface area (Å²) < 4.78 is 0. The van der Waals surface area contributed by atoms with E-state index < -0.39 is 29.7 Å². The Labute approximate surface area is 141 Å². The molecule has 0 bridgehead atoms. The molecule has 2 aliphatic rings. The van der Waals surface area contributed by atoms with Crippen LogP contribution in [-0.4, -0.2) is 47.7 Å². The maximum Gasteiger partial charge on any atom is 0.262 e. The van der Waals surface area contributed by atoms with Crippen LogP contribution in [0.3, 0.4) is 0 Å². The van der Waals surface area contributed by atoms with Crippen LogP contribution in [0.15, 0.2) is 23.3 Å². The molecule has 3 rings (SSSR count). The van der Waals surface area contributed by atoms with Gasteiger partial charge < -0.3 is 5.32 Å². The summed E-state index contributed by atoms with van der Waals surface area (Å²) in [5.41, 5.74) is 9.25. The van der Waals surface area contributed by atoms with Crippen molar-refractivity contribution in [3.63, 3.8) is 0 Å². The van der Waals surface area contributed by atoms with E-state index in [9.17, 15) is 19.2 Å². The largest absolute Gasteiger partial charge is 0.385 e. The van der Waals surface area contributed by atoms with Crippen molar-refractivity contribution in [2.24, 2.45) is 5.11 Å². The molecule has 0 radical (unpaired) electrons. The zero-order valence-electron chi connectivity index (χ0n) is 13.1. The second-order valence-electron chi connectivity index (χ2n) is 5.59. The number of nitrogens with one attached hydrogen (secondary N) is 2. The van der Waals surface area contributed by atoms with E-state index in [4.69, 9.17) is 5.53 Å². The van der Waals surface area contributed by atoms with Crippen LogP contribution in [-0.2, 0) is 9.59 Å². The van der Waals surface area contributed by atoms with Crippen LogP contribution in [0.1, 0.15) is 33.6 Å². The minimum Gasteiger partial charge on any atom is -0.385 e. The number of benzene rings is 1. The van der Waals surface area contributed by atoms with Gasteiger partial charge in [-0.3, -0.25) is 29.4 Å². The highest BCUT2D eigenvalue weighted by atomic mass is 16.2. The van der Waals surface area contributed by atoms with Gasteiger partial charge in [-0.1, -0.05) is 5.11 Å². The predicted octanol–water partition coefficient (Wildman–Crippen LogP) is 0.810. The first-order valence-corrected chi connectivity index (χ1v) is 7.63. The van der Waals surface area contributed by atoms with Crippen LogP contribution in [0.5, 0.6) is 0 Å². The Morgan fingerprint density at radius 3 is 2.72 bits per heavy atom. The fraction of sp³-hybridized carbons (Fsp3) is 0.333. The molecule has 10 nitrogen and oxygen atoms in total. The minimum absolute atomic E-state index is 0.0794. The van der Waals surface area contributed by atoms with Crippen LogP contribution in [0.25, 0.3) is 10.4 Å². The molecular formula is C15H14N6O4. The SMILES string of the molecule is [N-]=[N+]=NCCNc1ccc2c(c1)C(=O)N(C1CCC(=O)NC1=O)C2=O. The van der Waals surface area contributed by atoms with Gasteiger partial charge in [-0.15, -0.1) is 0 Å². The van der Waals surface area contributed by atoms with E-state index in [1.807, 2.05) is 0 Å². The third kappa shape index (κ3) is 3.02. The molecule has 2 heterocycles. The molecule has 1 saturated heterocycles. The lowest BCUT2D eigenvalue weighted by Crippen LogP contribution is -2.54. The van der Waals surface area contributed by atoms with E-state index >= 15 is 0 Å². The van der Waals surface area contributed by atoms with Gasteiger partial charge in [-0.2, -0.15) is 0 Å². The van der Waals surface area contributed by atoms with Crippen LogP contribution in [0.4, 0.5) is 5.69 Å². The number of hydrogen-bond donors (Lipinski definition) is 2. The molecule has 1 fully saturated rings. The molecule has 1 aromatic carbocycles. The summed E-state index contributed by atoms with van der Waals surface area (Å²) in [6.07, 6.45) is 0.198. The van der Waals surface area contributed by atoms with Gasteiger partial charge in [0.1, 0.15) is 6.04 Å². The predicted molar refractivity (Wildman–Crippen MR) is 85.6 cm³/mol. The second kappa shape index (κ2) is 6.62. The zero-order valence-corrected chi connectivity index (χ0v) is 13.1. The topological polar surface area (TPSA) is 144 Å². The molecule has 0 spiro atoms. The number of carbonyl (C=O) groups excluding carboxylic acids is 4. The van der Waals surface area contributed by atoms with Gasteiger partial charge in [-0.25, -0.2) is 0 Å². The molecule has 25 heavy (non-hydrogen) atoms. The van der Waals surface area contributed by atoms with E-state index in [2.05, 4.69) is 20.7 Å². The van der Waals surface area contributed by atoms with Crippen molar-refractivity contribution in [3.05, 3.63) is 39.8 Å². The molecule has 2 aliphatic heterocycles. The standard InChI is InChI=1S/C15H14N6O4/c16-20-18-6-5-17-8-1-2-9-10(7-8)15(25)21(14(9)24)11-3-4-12(22)19-13(11)23/h1-2,7,11,17H,3-6H2,(H,19,22,23). The third-order valence-electron chi connectivity index (χ3n) is 4.04. The van der Waals surface area contributed by atoms with Crippen LogP contribution >= 0.6 is 0 Å². The van der Waals surface area contributed by atoms with E-state index in [1.54, 1.807) is 6.07 Å². The summed E-state index contributed by atoms with van der Waals surface area (Å²) in [6, 6.07) is 3.69. The Bertz CT molecular complexity index is 829. The van der Waals surface area contributed by atoms with Crippen molar-refractivity contribution in [1.82, 2.24) is 10.2 Å². The Balaban J connectivity index is 1.80. The molecule has 1 aromatic rings. The molecule has 1 atom stereocenters. The van der Waals surface area contributed by atoms with E-state index in [0.717, 1.165) is 4.90 Å². The Morgan fingerprint density at radius 1 is 1.24 bits per heavy atom. The smallest absolute Gasteiger partial charge is 0.262 e. The van der Waals surface area contributed by atoms with Crippen molar-refractivity contribution >= 4 is 29.3 Å². The molecule has 2 N–H and O–H groups in total. The molecule has 1 unspecified atom stereocenters. The molecule has 0 aliphatic carbocycles. The van der Waals surface area contributed by atoms with Crippen LogP contribution < -0.4 is 10.6 Å². The van der Waals surface area contributed by atoms with Gasteiger partial charge in [0, 0.05) is 30.1 Å². The normalized spacial score (nSPS) is 19.4. The number of piperidine rings is 1. The summed E-state index contributed by atoms with van der Waals surface area (Å²) in [6.45, 7) is 0.616. The number of rotatable bonds is 5. The van der Waals surface area contributed by atoms with Gasteiger partial charge in [0.25, 0.3) is 11.8 Å². The first-order valence-electron chi connectivity index (χ1n) is 7.63. The lowest BCUT2D eigenvalue weighted by atomic mass is 10.0. The summed E-state index contributed by atoms with van der Waals surface area (Å²) in [7, 11) is 0. The number of hydrogen-bond acceptors (Lipinski definition) is 6. The van der Waals surface area contributed by atoms with E-state index in [0.29, 0.717) is 12.2 Å². The first kappa shape index (κ1) is 16.5. The molecule has 4 amide bonds. The van der Waals surface area contributed by atoms with Gasteiger partial charge in [0.2, 0.25) is 11.8 Å². The second-order valence-corrected chi connectivity index (χ2v) is 5.59. The number of anilines is 1. The zero-order chi connectivity index (χ0) is 18.0. The van der Waals surface area contributed by atoms with E-state index in [-0.39, 0.29) is 30.5 Å². The monoisotopic (exact) mass is 342 g/mol. The maximum absolute atomic E-state index is 12.6. The maximum atomic E-state index is 12.6. The Morgan fingerprint density at radius 2 is 2.00 bits per heavy atom. The number of fused-ring (bicyclic) bond motifs is 1. The van der Waals surface area contributed by atoms with Crippen molar-refractivity contribution in [2.45, 2.75) is 18.9 Å². The first-order chi connectivity index (χ1) is 12.0. The summed E-state index contributed by atoms with van der Waals surface area (Å²) in [4.78, 5) is 51.9. The summed E-state index contributed by atoms with van der Waals surface area (Å²) in [5, 5.41) is 8.52. The van der Waals surface area contributed by atoms with Crippen LogP contribution in [0, 0.1) is 0 Å². The highest BCUT2D eigenvalue weighted by Crippen LogP contribution is 2.29. The highest BCUT2D eigenvalue weighted by molar-refractivity contribution is 6.23. The third-order valence-corrected chi connectivity index (χ3v) is 4.04.